The number of hydrogen-bond donors (Lipinski definition) is 4. The molecule has 1 rings (SSSR count). The number of rotatable bonds is 41. The van der Waals surface area contributed by atoms with Gasteiger partial charge in [-0.3, -0.25) is 9.59 Å². The summed E-state index contributed by atoms with van der Waals surface area (Å²) in [5.74, 6) is -0.814. The van der Waals surface area contributed by atoms with E-state index in [-0.39, 0.29) is 32.0 Å². The zero-order valence-corrected chi connectivity index (χ0v) is 37.8. The maximum Gasteiger partial charge on any atom is 0.306 e. The molecule has 1 heterocycles. The van der Waals surface area contributed by atoms with E-state index in [0.29, 0.717) is 12.8 Å². The highest BCUT2D eigenvalue weighted by atomic mass is 16.7. The van der Waals surface area contributed by atoms with E-state index in [4.69, 9.17) is 18.9 Å². The molecule has 0 amide bonds. The fourth-order valence-electron chi connectivity index (χ4n) is 7.47. The summed E-state index contributed by atoms with van der Waals surface area (Å²) in [6, 6.07) is 0. The molecule has 1 aliphatic rings. The number of carbonyl (C=O) groups is 2. The Labute approximate surface area is 360 Å². The highest BCUT2D eigenvalue weighted by molar-refractivity contribution is 5.70. The van der Waals surface area contributed by atoms with Gasteiger partial charge in [-0.25, -0.2) is 0 Å². The number of allylic oxidation sites excluding steroid dienone is 4. The van der Waals surface area contributed by atoms with E-state index in [1.165, 1.54) is 122 Å². The first kappa shape index (κ1) is 55.2. The Balaban J connectivity index is 2.28. The average molecular weight is 839 g/mol. The summed E-state index contributed by atoms with van der Waals surface area (Å²) in [4.78, 5) is 25.4. The number of unbranched alkanes of at least 4 members (excludes halogenated alkanes) is 27. The standard InChI is InChI=1S/C49H90O10/c1-3-5-7-9-11-13-15-17-19-20-21-22-24-26-28-30-32-34-36-38-45(52)58-42(41-57-49-48(55)47(54)46(53)43(39-50)59-49)40-56-44(51)37-35-33-31-29-27-25-23-18-16-14-12-10-8-6-4-2/h14,16,18,23,42-43,46-50,53-55H,3-13,15,17,19-22,24-41H2,1-2H3/b16-14+,23-18+/t42-,43-,46+,47?,48?,49-/m1/s1. The lowest BCUT2D eigenvalue weighted by molar-refractivity contribution is -0.305. The van der Waals surface area contributed by atoms with Crippen LogP contribution in [0.25, 0.3) is 0 Å². The quantitative estimate of drug-likeness (QED) is 0.0266. The summed E-state index contributed by atoms with van der Waals surface area (Å²) in [7, 11) is 0. The molecule has 0 aromatic rings. The molecule has 0 spiro atoms. The molecule has 6 atom stereocenters. The summed E-state index contributed by atoms with van der Waals surface area (Å²) in [6.07, 6.45) is 37.5. The Kier molecular flexibility index (Phi) is 37.7. The number of aliphatic hydroxyl groups excluding tert-OH is 4. The average Bonchev–Trinajstić information content (AvgIpc) is 3.23. The minimum Gasteiger partial charge on any atom is -0.462 e. The molecule has 0 bridgehead atoms. The summed E-state index contributed by atoms with van der Waals surface area (Å²) >= 11 is 0. The second-order valence-electron chi connectivity index (χ2n) is 17.0. The van der Waals surface area contributed by atoms with Gasteiger partial charge in [0.2, 0.25) is 0 Å². The van der Waals surface area contributed by atoms with Crippen LogP contribution in [0.3, 0.4) is 0 Å². The third-order valence-electron chi connectivity index (χ3n) is 11.4. The summed E-state index contributed by atoms with van der Waals surface area (Å²) in [5.41, 5.74) is 0. The molecule has 10 heteroatoms. The summed E-state index contributed by atoms with van der Waals surface area (Å²) in [6.45, 7) is 3.42. The molecule has 2 unspecified atom stereocenters. The van der Waals surface area contributed by atoms with Gasteiger partial charge in [-0.15, -0.1) is 0 Å². The van der Waals surface area contributed by atoms with Crippen LogP contribution in [0.4, 0.5) is 0 Å². The predicted octanol–water partition coefficient (Wildman–Crippen LogP) is 10.9. The van der Waals surface area contributed by atoms with Crippen LogP contribution >= 0.6 is 0 Å². The van der Waals surface area contributed by atoms with Crippen LogP contribution in [0.5, 0.6) is 0 Å². The minimum atomic E-state index is -1.59. The Bertz CT molecular complexity index is 1020. The normalized spacial score (nSPS) is 20.1. The van der Waals surface area contributed by atoms with E-state index < -0.39 is 49.4 Å². The molecule has 0 aromatic carbocycles. The second kappa shape index (κ2) is 40.3. The molecule has 4 N–H and O–H groups in total. The maximum absolute atomic E-state index is 12.8. The predicted molar refractivity (Wildman–Crippen MR) is 238 cm³/mol. The molecule has 59 heavy (non-hydrogen) atoms. The minimum absolute atomic E-state index is 0.222. The van der Waals surface area contributed by atoms with Crippen LogP contribution in [0.1, 0.15) is 219 Å². The first-order valence-corrected chi connectivity index (χ1v) is 24.4. The van der Waals surface area contributed by atoms with Crippen molar-refractivity contribution in [3.63, 3.8) is 0 Å². The lowest BCUT2D eigenvalue weighted by Crippen LogP contribution is -2.59. The zero-order chi connectivity index (χ0) is 43.0. The fourth-order valence-corrected chi connectivity index (χ4v) is 7.47. The first-order valence-electron chi connectivity index (χ1n) is 24.4. The van der Waals surface area contributed by atoms with Crippen LogP contribution < -0.4 is 0 Å². The monoisotopic (exact) mass is 839 g/mol. The van der Waals surface area contributed by atoms with E-state index in [9.17, 15) is 30.0 Å². The van der Waals surface area contributed by atoms with Crippen LogP contribution in [0.2, 0.25) is 0 Å². The van der Waals surface area contributed by atoms with Crippen molar-refractivity contribution in [3.05, 3.63) is 24.3 Å². The van der Waals surface area contributed by atoms with Crippen LogP contribution in [0, 0.1) is 0 Å². The van der Waals surface area contributed by atoms with Crippen LogP contribution in [0.15, 0.2) is 24.3 Å². The summed E-state index contributed by atoms with van der Waals surface area (Å²) < 4.78 is 22.2. The van der Waals surface area contributed by atoms with E-state index in [2.05, 4.69) is 38.2 Å². The largest absolute Gasteiger partial charge is 0.462 e. The smallest absolute Gasteiger partial charge is 0.306 e. The van der Waals surface area contributed by atoms with Gasteiger partial charge in [-0.05, 0) is 38.5 Å². The van der Waals surface area contributed by atoms with Gasteiger partial charge in [-0.1, -0.05) is 192 Å². The van der Waals surface area contributed by atoms with Gasteiger partial charge in [0, 0.05) is 12.8 Å². The van der Waals surface area contributed by atoms with Crippen molar-refractivity contribution in [1.29, 1.82) is 0 Å². The molecule has 0 aliphatic carbocycles. The van der Waals surface area contributed by atoms with Crippen molar-refractivity contribution in [2.45, 2.75) is 256 Å². The van der Waals surface area contributed by atoms with Crippen molar-refractivity contribution in [1.82, 2.24) is 0 Å². The molecule has 0 saturated carbocycles. The van der Waals surface area contributed by atoms with Crippen molar-refractivity contribution in [3.8, 4) is 0 Å². The number of hydrogen-bond acceptors (Lipinski definition) is 10. The molecule has 1 aliphatic heterocycles. The molecule has 1 saturated heterocycles. The van der Waals surface area contributed by atoms with Gasteiger partial charge in [-0.2, -0.15) is 0 Å². The molecular formula is C49H90O10. The Morgan fingerprint density at radius 2 is 0.932 bits per heavy atom. The maximum atomic E-state index is 12.8. The van der Waals surface area contributed by atoms with Gasteiger partial charge in [0.15, 0.2) is 12.4 Å². The Morgan fingerprint density at radius 3 is 1.39 bits per heavy atom. The van der Waals surface area contributed by atoms with Gasteiger partial charge < -0.3 is 39.4 Å². The van der Waals surface area contributed by atoms with Crippen molar-refractivity contribution in [2.24, 2.45) is 0 Å². The second-order valence-corrected chi connectivity index (χ2v) is 17.0. The van der Waals surface area contributed by atoms with Gasteiger partial charge in [0.05, 0.1) is 13.2 Å². The molecule has 1 fully saturated rings. The highest BCUT2D eigenvalue weighted by Gasteiger charge is 2.44. The number of ether oxygens (including phenoxy) is 4. The van der Waals surface area contributed by atoms with Crippen molar-refractivity contribution < 1.29 is 49.0 Å². The van der Waals surface area contributed by atoms with E-state index in [0.717, 1.165) is 57.8 Å². The third kappa shape index (κ3) is 31.7. The van der Waals surface area contributed by atoms with Gasteiger partial charge in [0.25, 0.3) is 0 Å². The molecule has 10 nitrogen and oxygen atoms in total. The third-order valence-corrected chi connectivity index (χ3v) is 11.4. The number of aliphatic hydroxyl groups is 4. The van der Waals surface area contributed by atoms with Crippen molar-refractivity contribution in [2.75, 3.05) is 19.8 Å². The number of esters is 2. The molecule has 0 aromatic heterocycles. The lowest BCUT2D eigenvalue weighted by Gasteiger charge is -2.39. The molecule has 0 radical (unpaired) electrons. The SMILES string of the molecule is CCCCCC/C=C/C=C/CCCCCCCC(=O)OC[C@H](CO[C@@H]1O[C@H](CO)[C@H](O)C(O)C1O)OC(=O)CCCCCCCCCCCCCCCCCCCCC. The van der Waals surface area contributed by atoms with E-state index in [1.807, 2.05) is 0 Å². The Hall–Kier alpha value is -1.82. The molecular weight excluding hydrogens is 749 g/mol. The summed E-state index contributed by atoms with van der Waals surface area (Å²) in [5, 5.41) is 40.1. The fraction of sp³-hybridized carbons (Fsp3) is 0.878. The molecule has 346 valence electrons. The van der Waals surface area contributed by atoms with Gasteiger partial charge in [0.1, 0.15) is 31.0 Å². The zero-order valence-electron chi connectivity index (χ0n) is 37.8. The topological polar surface area (TPSA) is 152 Å². The van der Waals surface area contributed by atoms with Crippen LogP contribution in [-0.4, -0.2) is 89.0 Å². The lowest BCUT2D eigenvalue weighted by atomic mass is 9.99. The highest BCUT2D eigenvalue weighted by Crippen LogP contribution is 2.23. The van der Waals surface area contributed by atoms with Crippen LogP contribution in [-0.2, 0) is 28.5 Å². The van der Waals surface area contributed by atoms with Gasteiger partial charge >= 0.3 is 11.9 Å². The number of carbonyl (C=O) groups excluding carboxylic acids is 2. The van der Waals surface area contributed by atoms with E-state index in [1.54, 1.807) is 0 Å². The Morgan fingerprint density at radius 1 is 0.525 bits per heavy atom. The first-order chi connectivity index (χ1) is 28.8. The van der Waals surface area contributed by atoms with Crippen molar-refractivity contribution >= 4 is 11.9 Å². The van der Waals surface area contributed by atoms with E-state index >= 15 is 0 Å².